The zero-order valence-corrected chi connectivity index (χ0v) is 28.8. The molecule has 0 N–H and O–H groups in total. The Morgan fingerprint density at radius 1 is 0.240 bits per heavy atom. The Bertz CT molecular complexity index is 2870. The van der Waals surface area contributed by atoms with E-state index in [9.17, 15) is 0 Å². The molecule has 10 rings (SSSR count). The minimum atomic E-state index is 1.22. The van der Waals surface area contributed by atoms with Crippen molar-refractivity contribution in [3.8, 4) is 55.6 Å². The fourth-order valence-corrected chi connectivity index (χ4v) is 9.88. The van der Waals surface area contributed by atoms with Crippen molar-refractivity contribution in [2.24, 2.45) is 0 Å². The Labute approximate surface area is 299 Å². The highest BCUT2D eigenvalue weighted by molar-refractivity contribution is 7.26. The molecule has 0 aliphatic rings. The second-order valence-electron chi connectivity index (χ2n) is 12.8. The van der Waals surface area contributed by atoms with Gasteiger partial charge in [-0.15, -0.1) is 22.7 Å². The molecule has 0 saturated carbocycles. The molecule has 0 radical (unpaired) electrons. The van der Waals surface area contributed by atoms with Crippen LogP contribution >= 0.6 is 22.7 Å². The summed E-state index contributed by atoms with van der Waals surface area (Å²) in [5, 5.41) is 5.29. The number of hydrogen-bond donors (Lipinski definition) is 0. The SMILES string of the molecule is c1ccc(-c2cccc(-c3ccccc3-c3ccccc3-c3cc(-c4ccc5c(c4)sc4ccccc45)cc4c3sc3ccccc34)c2)cc1. The molecule has 0 fully saturated rings. The lowest BCUT2D eigenvalue weighted by molar-refractivity contribution is 1.56. The minimum absolute atomic E-state index is 1.22. The maximum atomic E-state index is 2.43. The van der Waals surface area contributed by atoms with Gasteiger partial charge in [0, 0.05) is 45.9 Å². The van der Waals surface area contributed by atoms with Crippen molar-refractivity contribution in [2.45, 2.75) is 0 Å². The number of thiophene rings is 2. The third-order valence-electron chi connectivity index (χ3n) is 9.91. The lowest BCUT2D eigenvalue weighted by atomic mass is 9.87. The Morgan fingerprint density at radius 2 is 0.780 bits per heavy atom. The van der Waals surface area contributed by atoms with Gasteiger partial charge in [-0.1, -0.05) is 146 Å². The molecule has 2 heteroatoms. The summed E-state index contributed by atoms with van der Waals surface area (Å²) < 4.78 is 5.31. The third-order valence-corrected chi connectivity index (χ3v) is 12.3. The molecule has 0 atom stereocenters. The van der Waals surface area contributed by atoms with Gasteiger partial charge in [-0.3, -0.25) is 0 Å². The van der Waals surface area contributed by atoms with E-state index in [2.05, 4.69) is 182 Å². The molecule has 0 aliphatic carbocycles. The Morgan fingerprint density at radius 3 is 1.56 bits per heavy atom. The van der Waals surface area contributed by atoms with E-state index in [1.54, 1.807) is 0 Å². The molecule has 0 aliphatic heterocycles. The first kappa shape index (κ1) is 29.1. The van der Waals surface area contributed by atoms with Crippen molar-refractivity contribution in [1.82, 2.24) is 0 Å². The minimum Gasteiger partial charge on any atom is -0.135 e. The van der Waals surface area contributed by atoms with Crippen LogP contribution in [0, 0.1) is 0 Å². The first-order valence-electron chi connectivity index (χ1n) is 17.0. The number of rotatable bonds is 5. The van der Waals surface area contributed by atoms with Crippen molar-refractivity contribution < 1.29 is 0 Å². The molecule has 0 nitrogen and oxygen atoms in total. The van der Waals surface area contributed by atoms with E-state index in [0.29, 0.717) is 0 Å². The van der Waals surface area contributed by atoms with E-state index in [0.717, 1.165) is 0 Å². The van der Waals surface area contributed by atoms with Crippen LogP contribution < -0.4 is 0 Å². The highest BCUT2D eigenvalue weighted by Gasteiger charge is 2.18. The number of hydrogen-bond acceptors (Lipinski definition) is 2. The second-order valence-corrected chi connectivity index (χ2v) is 15.0. The van der Waals surface area contributed by atoms with E-state index < -0.39 is 0 Å². The molecule has 0 bridgehead atoms. The summed E-state index contributed by atoms with van der Waals surface area (Å²) in [7, 11) is 0. The summed E-state index contributed by atoms with van der Waals surface area (Å²) >= 11 is 3.78. The van der Waals surface area contributed by atoms with Crippen molar-refractivity contribution in [3.05, 3.63) is 182 Å². The van der Waals surface area contributed by atoms with Gasteiger partial charge in [-0.05, 0) is 86.5 Å². The molecule has 0 saturated heterocycles. The average Bonchev–Trinajstić information content (AvgIpc) is 3.76. The van der Waals surface area contributed by atoms with Gasteiger partial charge < -0.3 is 0 Å². The smallest absolute Gasteiger partial charge is 0.0434 e. The number of benzene rings is 8. The lowest BCUT2D eigenvalue weighted by Gasteiger charge is -2.17. The highest BCUT2D eigenvalue weighted by atomic mass is 32.1. The fraction of sp³-hybridized carbons (Fsp3) is 0. The van der Waals surface area contributed by atoms with Crippen LogP contribution in [0.15, 0.2) is 182 Å². The van der Waals surface area contributed by atoms with Crippen LogP contribution in [0.25, 0.3) is 96.0 Å². The van der Waals surface area contributed by atoms with Gasteiger partial charge in [0.1, 0.15) is 0 Å². The van der Waals surface area contributed by atoms with E-state index in [-0.39, 0.29) is 0 Å². The van der Waals surface area contributed by atoms with Crippen LogP contribution in [-0.4, -0.2) is 0 Å². The van der Waals surface area contributed by atoms with Gasteiger partial charge >= 0.3 is 0 Å². The summed E-state index contributed by atoms with van der Waals surface area (Å²) in [5.74, 6) is 0. The van der Waals surface area contributed by atoms with E-state index >= 15 is 0 Å². The summed E-state index contributed by atoms with van der Waals surface area (Å²) in [6.07, 6.45) is 0. The zero-order chi connectivity index (χ0) is 33.0. The predicted octanol–water partition coefficient (Wildman–Crippen LogP) is 14.8. The van der Waals surface area contributed by atoms with Crippen LogP contribution in [0.1, 0.15) is 0 Å². The molecule has 10 aromatic rings. The number of fused-ring (bicyclic) bond motifs is 6. The van der Waals surface area contributed by atoms with Gasteiger partial charge in [0.15, 0.2) is 0 Å². The standard InChI is InChI=1S/C48H30S2/c1-2-13-31(14-3-1)32-15-12-16-34(27-32)36-17-4-5-18-37(36)38-19-6-7-20-39(38)43-28-35(29-44-41-22-9-11-24-46(41)50-48(43)44)33-25-26-42-40-21-8-10-23-45(40)49-47(42)30-33/h1-30H. The maximum Gasteiger partial charge on any atom is 0.0434 e. The van der Waals surface area contributed by atoms with Crippen molar-refractivity contribution in [3.63, 3.8) is 0 Å². The predicted molar refractivity (Wildman–Crippen MR) is 219 cm³/mol. The highest BCUT2D eigenvalue weighted by Crippen LogP contribution is 2.47. The molecule has 0 spiro atoms. The van der Waals surface area contributed by atoms with Crippen molar-refractivity contribution in [2.75, 3.05) is 0 Å². The van der Waals surface area contributed by atoms with Crippen LogP contribution in [0.5, 0.6) is 0 Å². The molecular formula is C48H30S2. The molecule has 50 heavy (non-hydrogen) atoms. The largest absolute Gasteiger partial charge is 0.135 e. The summed E-state index contributed by atoms with van der Waals surface area (Å²) in [5.41, 5.74) is 12.4. The topological polar surface area (TPSA) is 0 Å². The molecule has 234 valence electrons. The van der Waals surface area contributed by atoms with Gasteiger partial charge in [0.05, 0.1) is 0 Å². The van der Waals surface area contributed by atoms with E-state index in [4.69, 9.17) is 0 Å². The Kier molecular flexibility index (Phi) is 6.97. The maximum absolute atomic E-state index is 2.43. The summed E-state index contributed by atoms with van der Waals surface area (Å²) in [4.78, 5) is 0. The van der Waals surface area contributed by atoms with E-state index in [1.165, 1.54) is 96.0 Å². The van der Waals surface area contributed by atoms with Gasteiger partial charge in [0.25, 0.3) is 0 Å². The second kappa shape index (κ2) is 12.0. The van der Waals surface area contributed by atoms with Crippen LogP contribution in [-0.2, 0) is 0 Å². The van der Waals surface area contributed by atoms with Crippen LogP contribution in [0.2, 0.25) is 0 Å². The van der Waals surface area contributed by atoms with Gasteiger partial charge in [-0.2, -0.15) is 0 Å². The molecule has 2 heterocycles. The summed E-state index contributed by atoms with van der Waals surface area (Å²) in [6, 6.07) is 66.9. The third kappa shape index (κ3) is 4.88. The van der Waals surface area contributed by atoms with Crippen molar-refractivity contribution in [1.29, 1.82) is 0 Å². The molecule has 2 aromatic heterocycles. The normalized spacial score (nSPS) is 11.6. The fourth-order valence-electron chi connectivity index (χ4n) is 7.52. The van der Waals surface area contributed by atoms with Crippen LogP contribution in [0.3, 0.4) is 0 Å². The molecule has 8 aromatic carbocycles. The molecule has 0 amide bonds. The molecular weight excluding hydrogens is 641 g/mol. The first-order chi connectivity index (χ1) is 24.8. The summed E-state index contributed by atoms with van der Waals surface area (Å²) in [6.45, 7) is 0. The lowest BCUT2D eigenvalue weighted by Crippen LogP contribution is -1.90. The quantitative estimate of drug-likeness (QED) is 0.171. The molecule has 0 unspecified atom stereocenters. The Balaban J connectivity index is 1.19. The van der Waals surface area contributed by atoms with Crippen LogP contribution in [0.4, 0.5) is 0 Å². The Hall–Kier alpha value is -5.80. The average molecular weight is 671 g/mol. The monoisotopic (exact) mass is 670 g/mol. The van der Waals surface area contributed by atoms with Gasteiger partial charge in [-0.25, -0.2) is 0 Å². The van der Waals surface area contributed by atoms with Crippen molar-refractivity contribution >= 4 is 63.0 Å². The van der Waals surface area contributed by atoms with Gasteiger partial charge in [0.2, 0.25) is 0 Å². The first-order valence-corrected chi connectivity index (χ1v) is 18.6. The van der Waals surface area contributed by atoms with E-state index in [1.807, 2.05) is 22.7 Å². The zero-order valence-electron chi connectivity index (χ0n) is 27.1.